The zero-order valence-corrected chi connectivity index (χ0v) is 13.0. The molecule has 0 heterocycles. The summed E-state index contributed by atoms with van der Waals surface area (Å²) in [5, 5.41) is 0. The lowest BCUT2D eigenvalue weighted by atomic mass is 9.96. The van der Waals surface area contributed by atoms with E-state index in [4.69, 9.17) is 0 Å². The molecule has 2 nitrogen and oxygen atoms in total. The van der Waals surface area contributed by atoms with Gasteiger partial charge in [0, 0.05) is 19.5 Å². The standard InChI is InChI=1S/C17H27NO/c1-13(2)16-7-6-14(3)17(12-16)9-11-18(5)10-8-15(4)19/h6-7,12-13H,8-11H2,1-5H3. The van der Waals surface area contributed by atoms with Gasteiger partial charge >= 0.3 is 0 Å². The Bertz CT molecular complexity index is 423. The molecule has 106 valence electrons. The van der Waals surface area contributed by atoms with E-state index in [0.29, 0.717) is 12.3 Å². The van der Waals surface area contributed by atoms with Crippen LogP contribution in [-0.4, -0.2) is 30.8 Å². The average molecular weight is 261 g/mol. The van der Waals surface area contributed by atoms with Crippen molar-refractivity contribution < 1.29 is 4.79 Å². The number of rotatable bonds is 7. The number of hydrogen-bond donors (Lipinski definition) is 0. The van der Waals surface area contributed by atoms with Gasteiger partial charge in [-0.3, -0.25) is 4.79 Å². The van der Waals surface area contributed by atoms with Crippen LogP contribution in [0.2, 0.25) is 0 Å². The molecule has 1 rings (SSSR count). The largest absolute Gasteiger partial charge is 0.306 e. The molecular weight excluding hydrogens is 234 g/mol. The van der Waals surface area contributed by atoms with Crippen molar-refractivity contribution in [3.63, 3.8) is 0 Å². The second-order valence-corrected chi connectivity index (χ2v) is 5.85. The normalized spacial score (nSPS) is 11.3. The second kappa shape index (κ2) is 7.44. The molecule has 1 aromatic carbocycles. The first-order chi connectivity index (χ1) is 8.90. The summed E-state index contributed by atoms with van der Waals surface area (Å²) in [6.45, 7) is 10.2. The zero-order chi connectivity index (χ0) is 14.4. The highest BCUT2D eigenvalue weighted by Gasteiger charge is 2.06. The monoisotopic (exact) mass is 261 g/mol. The SMILES string of the molecule is CC(=O)CCN(C)CCc1cc(C(C)C)ccc1C. The molecule has 0 unspecified atom stereocenters. The van der Waals surface area contributed by atoms with Gasteiger partial charge in [-0.1, -0.05) is 32.0 Å². The number of carbonyl (C=O) groups is 1. The van der Waals surface area contributed by atoms with Crippen LogP contribution in [0, 0.1) is 6.92 Å². The molecule has 0 N–H and O–H groups in total. The lowest BCUT2D eigenvalue weighted by Gasteiger charge is -2.17. The Hall–Kier alpha value is -1.15. The highest BCUT2D eigenvalue weighted by atomic mass is 16.1. The minimum Gasteiger partial charge on any atom is -0.306 e. The summed E-state index contributed by atoms with van der Waals surface area (Å²) in [4.78, 5) is 13.2. The second-order valence-electron chi connectivity index (χ2n) is 5.85. The van der Waals surface area contributed by atoms with Crippen molar-refractivity contribution in [3.8, 4) is 0 Å². The Balaban J connectivity index is 2.56. The maximum absolute atomic E-state index is 11.0. The summed E-state index contributed by atoms with van der Waals surface area (Å²) in [6.07, 6.45) is 1.71. The molecule has 0 fully saturated rings. The van der Waals surface area contributed by atoms with Crippen LogP contribution in [0.3, 0.4) is 0 Å². The molecule has 1 aromatic rings. The lowest BCUT2D eigenvalue weighted by Crippen LogP contribution is -2.24. The van der Waals surface area contributed by atoms with Crippen LogP contribution in [0.5, 0.6) is 0 Å². The van der Waals surface area contributed by atoms with Gasteiger partial charge in [-0.05, 0) is 49.9 Å². The van der Waals surface area contributed by atoms with Crippen molar-refractivity contribution in [2.75, 3.05) is 20.1 Å². The predicted octanol–water partition coefficient (Wildman–Crippen LogP) is 3.57. The lowest BCUT2D eigenvalue weighted by molar-refractivity contribution is -0.117. The van der Waals surface area contributed by atoms with Crippen molar-refractivity contribution in [3.05, 3.63) is 34.9 Å². The van der Waals surface area contributed by atoms with Gasteiger partial charge in [0.15, 0.2) is 0 Å². The Kier molecular flexibility index (Phi) is 6.23. The van der Waals surface area contributed by atoms with Crippen LogP contribution in [0.4, 0.5) is 0 Å². The van der Waals surface area contributed by atoms with E-state index < -0.39 is 0 Å². The number of Topliss-reactive ketones (excluding diaryl/α,β-unsaturated/α-hetero) is 1. The Morgan fingerprint density at radius 1 is 1.26 bits per heavy atom. The molecule has 0 aromatic heterocycles. The maximum Gasteiger partial charge on any atom is 0.131 e. The van der Waals surface area contributed by atoms with Gasteiger partial charge in [-0.2, -0.15) is 0 Å². The van der Waals surface area contributed by atoms with E-state index in [2.05, 4.69) is 50.9 Å². The van der Waals surface area contributed by atoms with Crippen LogP contribution >= 0.6 is 0 Å². The third kappa shape index (κ3) is 5.56. The molecule has 0 bridgehead atoms. The zero-order valence-electron chi connectivity index (χ0n) is 13.0. The van der Waals surface area contributed by atoms with E-state index in [1.54, 1.807) is 6.92 Å². The van der Waals surface area contributed by atoms with Gasteiger partial charge in [-0.25, -0.2) is 0 Å². The van der Waals surface area contributed by atoms with Crippen molar-refractivity contribution in [1.29, 1.82) is 0 Å². The maximum atomic E-state index is 11.0. The van der Waals surface area contributed by atoms with Crippen LogP contribution < -0.4 is 0 Å². The van der Waals surface area contributed by atoms with E-state index in [0.717, 1.165) is 19.5 Å². The van der Waals surface area contributed by atoms with E-state index >= 15 is 0 Å². The minimum absolute atomic E-state index is 0.268. The smallest absolute Gasteiger partial charge is 0.131 e. The third-order valence-electron chi connectivity index (χ3n) is 3.65. The number of nitrogens with zero attached hydrogens (tertiary/aromatic N) is 1. The van der Waals surface area contributed by atoms with Crippen LogP contribution in [-0.2, 0) is 11.2 Å². The number of likely N-dealkylation sites (N-methyl/N-ethyl adjacent to an activating group) is 1. The van der Waals surface area contributed by atoms with Crippen LogP contribution in [0.15, 0.2) is 18.2 Å². The Morgan fingerprint density at radius 2 is 1.95 bits per heavy atom. The summed E-state index contributed by atoms with van der Waals surface area (Å²) in [7, 11) is 2.09. The summed E-state index contributed by atoms with van der Waals surface area (Å²) in [5.74, 6) is 0.847. The van der Waals surface area contributed by atoms with Crippen molar-refractivity contribution in [2.45, 2.75) is 46.5 Å². The fourth-order valence-electron chi connectivity index (χ4n) is 2.09. The highest BCUT2D eigenvalue weighted by molar-refractivity contribution is 5.75. The van der Waals surface area contributed by atoms with Gasteiger partial charge in [0.05, 0.1) is 0 Å². The molecule has 0 amide bonds. The molecule has 19 heavy (non-hydrogen) atoms. The number of hydrogen-bond acceptors (Lipinski definition) is 2. The summed E-state index contributed by atoms with van der Waals surface area (Å²) in [6, 6.07) is 6.78. The molecule has 0 aliphatic rings. The molecular formula is C17H27NO. The quantitative estimate of drug-likeness (QED) is 0.748. The number of aryl methyl sites for hydroxylation is 1. The summed E-state index contributed by atoms with van der Waals surface area (Å²) >= 11 is 0. The third-order valence-corrected chi connectivity index (χ3v) is 3.65. The topological polar surface area (TPSA) is 20.3 Å². The van der Waals surface area contributed by atoms with Gasteiger partial charge < -0.3 is 4.90 Å². The Morgan fingerprint density at radius 3 is 2.53 bits per heavy atom. The van der Waals surface area contributed by atoms with Gasteiger partial charge in [0.2, 0.25) is 0 Å². The van der Waals surface area contributed by atoms with Gasteiger partial charge in [0.1, 0.15) is 5.78 Å². The first-order valence-corrected chi connectivity index (χ1v) is 7.17. The number of benzene rings is 1. The van der Waals surface area contributed by atoms with Gasteiger partial charge in [0.25, 0.3) is 0 Å². The van der Waals surface area contributed by atoms with Crippen LogP contribution in [0.1, 0.15) is 49.8 Å². The van der Waals surface area contributed by atoms with E-state index in [-0.39, 0.29) is 5.78 Å². The number of carbonyl (C=O) groups excluding carboxylic acids is 1. The predicted molar refractivity (Wildman–Crippen MR) is 81.8 cm³/mol. The highest BCUT2D eigenvalue weighted by Crippen LogP contribution is 2.19. The van der Waals surface area contributed by atoms with E-state index in [9.17, 15) is 4.79 Å². The fraction of sp³-hybridized carbons (Fsp3) is 0.588. The molecule has 0 radical (unpaired) electrons. The molecule has 0 aliphatic carbocycles. The first kappa shape index (κ1) is 15.9. The van der Waals surface area contributed by atoms with E-state index in [1.165, 1.54) is 16.7 Å². The van der Waals surface area contributed by atoms with Crippen LogP contribution in [0.25, 0.3) is 0 Å². The van der Waals surface area contributed by atoms with Crippen molar-refractivity contribution in [2.24, 2.45) is 0 Å². The van der Waals surface area contributed by atoms with E-state index in [1.807, 2.05) is 0 Å². The molecule has 2 heteroatoms. The first-order valence-electron chi connectivity index (χ1n) is 7.17. The van der Waals surface area contributed by atoms with Gasteiger partial charge in [-0.15, -0.1) is 0 Å². The van der Waals surface area contributed by atoms with Crippen molar-refractivity contribution in [1.82, 2.24) is 4.90 Å². The van der Waals surface area contributed by atoms with Crippen molar-refractivity contribution >= 4 is 5.78 Å². The summed E-state index contributed by atoms with van der Waals surface area (Å²) < 4.78 is 0. The molecule has 0 spiro atoms. The summed E-state index contributed by atoms with van der Waals surface area (Å²) in [5.41, 5.74) is 4.21. The molecule has 0 atom stereocenters. The number of ketones is 1. The molecule has 0 saturated carbocycles. The fourth-order valence-corrected chi connectivity index (χ4v) is 2.09. The minimum atomic E-state index is 0.268. The average Bonchev–Trinajstić information content (AvgIpc) is 2.35. The molecule has 0 aliphatic heterocycles. The molecule has 0 saturated heterocycles. The Labute approximate surface area is 117 Å².